The summed E-state index contributed by atoms with van der Waals surface area (Å²) in [5.74, 6) is 2.74. The first-order chi connectivity index (χ1) is 12.2. The van der Waals surface area contributed by atoms with Gasteiger partial charge in [-0.05, 0) is 38.3 Å². The lowest BCUT2D eigenvalue weighted by molar-refractivity contribution is 0.519. The van der Waals surface area contributed by atoms with Gasteiger partial charge in [-0.1, -0.05) is 13.0 Å². The van der Waals surface area contributed by atoms with E-state index in [9.17, 15) is 0 Å². The standard InChI is InChI=1S/C18H23N7/c1-3-14-11-17(25-18(23-14)19-12-20-25)24-9-7-15(8-10-24)22-16-6-4-5-13(2)21-16/h4-6,11-12,15H,3,7-10H2,1-2H3,(H,21,22). The fourth-order valence-corrected chi connectivity index (χ4v) is 3.34. The number of hydrogen-bond donors (Lipinski definition) is 1. The molecule has 4 heterocycles. The first-order valence-corrected chi connectivity index (χ1v) is 8.87. The van der Waals surface area contributed by atoms with Crippen molar-refractivity contribution < 1.29 is 0 Å². The molecule has 130 valence electrons. The fraction of sp³-hybridized carbons (Fsp3) is 0.444. The third-order valence-corrected chi connectivity index (χ3v) is 4.71. The predicted molar refractivity (Wildman–Crippen MR) is 98.0 cm³/mol. The van der Waals surface area contributed by atoms with E-state index in [2.05, 4.69) is 43.3 Å². The van der Waals surface area contributed by atoms with Gasteiger partial charge in [0.05, 0.1) is 0 Å². The van der Waals surface area contributed by atoms with Gasteiger partial charge in [0, 0.05) is 36.6 Å². The van der Waals surface area contributed by atoms with Crippen molar-refractivity contribution in [2.24, 2.45) is 0 Å². The molecule has 0 aliphatic carbocycles. The molecule has 25 heavy (non-hydrogen) atoms. The highest BCUT2D eigenvalue weighted by molar-refractivity contribution is 5.48. The van der Waals surface area contributed by atoms with Crippen LogP contribution in [0.2, 0.25) is 0 Å². The summed E-state index contributed by atoms with van der Waals surface area (Å²) < 4.78 is 1.84. The third kappa shape index (κ3) is 3.26. The van der Waals surface area contributed by atoms with Gasteiger partial charge in [0.15, 0.2) is 0 Å². The average molecular weight is 337 g/mol. The summed E-state index contributed by atoms with van der Waals surface area (Å²) in [5.41, 5.74) is 2.10. The fourth-order valence-electron chi connectivity index (χ4n) is 3.34. The van der Waals surface area contributed by atoms with E-state index < -0.39 is 0 Å². The molecule has 0 unspecified atom stereocenters. The summed E-state index contributed by atoms with van der Waals surface area (Å²) in [6.45, 7) is 6.09. The molecule has 1 aliphatic rings. The van der Waals surface area contributed by atoms with Gasteiger partial charge >= 0.3 is 0 Å². The minimum Gasteiger partial charge on any atom is -0.367 e. The number of hydrogen-bond acceptors (Lipinski definition) is 6. The highest BCUT2D eigenvalue weighted by Crippen LogP contribution is 2.22. The third-order valence-electron chi connectivity index (χ3n) is 4.71. The molecule has 3 aromatic rings. The number of nitrogens with zero attached hydrogens (tertiary/aromatic N) is 6. The molecule has 1 N–H and O–H groups in total. The molecular weight excluding hydrogens is 314 g/mol. The quantitative estimate of drug-likeness (QED) is 0.788. The van der Waals surface area contributed by atoms with Crippen molar-refractivity contribution in [3.63, 3.8) is 0 Å². The highest BCUT2D eigenvalue weighted by atomic mass is 15.4. The average Bonchev–Trinajstić information content (AvgIpc) is 3.10. The molecule has 0 spiro atoms. The predicted octanol–water partition coefficient (Wildman–Crippen LogP) is 2.47. The Kier molecular flexibility index (Phi) is 4.21. The molecule has 0 atom stereocenters. The van der Waals surface area contributed by atoms with Crippen LogP contribution in [0, 0.1) is 6.92 Å². The van der Waals surface area contributed by atoms with Crippen molar-refractivity contribution >= 4 is 17.4 Å². The zero-order valence-corrected chi connectivity index (χ0v) is 14.7. The van der Waals surface area contributed by atoms with E-state index in [0.717, 1.165) is 55.4 Å². The van der Waals surface area contributed by atoms with E-state index in [1.165, 1.54) is 0 Å². The molecule has 1 fully saturated rings. The van der Waals surface area contributed by atoms with Crippen LogP contribution in [-0.2, 0) is 6.42 Å². The Morgan fingerprint density at radius 2 is 2.04 bits per heavy atom. The van der Waals surface area contributed by atoms with E-state index in [4.69, 9.17) is 0 Å². The number of fused-ring (bicyclic) bond motifs is 1. The van der Waals surface area contributed by atoms with Crippen molar-refractivity contribution in [1.29, 1.82) is 0 Å². The number of piperidine rings is 1. The van der Waals surface area contributed by atoms with Crippen LogP contribution in [-0.4, -0.2) is 43.7 Å². The lowest BCUT2D eigenvalue weighted by Crippen LogP contribution is -2.40. The Morgan fingerprint density at radius 3 is 2.80 bits per heavy atom. The second kappa shape index (κ2) is 6.66. The van der Waals surface area contributed by atoms with Crippen molar-refractivity contribution in [2.75, 3.05) is 23.3 Å². The Morgan fingerprint density at radius 1 is 1.20 bits per heavy atom. The Bertz CT molecular complexity index is 865. The maximum absolute atomic E-state index is 4.55. The second-order valence-corrected chi connectivity index (χ2v) is 6.50. The summed E-state index contributed by atoms with van der Waals surface area (Å²) in [6.07, 6.45) is 4.60. The lowest BCUT2D eigenvalue weighted by Gasteiger charge is -2.34. The Labute approximate surface area is 147 Å². The largest absolute Gasteiger partial charge is 0.367 e. The maximum atomic E-state index is 4.55. The molecule has 3 aromatic heterocycles. The minimum absolute atomic E-state index is 0.448. The monoisotopic (exact) mass is 337 g/mol. The first kappa shape index (κ1) is 15.8. The number of rotatable bonds is 4. The van der Waals surface area contributed by atoms with Gasteiger partial charge < -0.3 is 10.2 Å². The SMILES string of the molecule is CCc1cc(N2CCC(Nc3cccc(C)n3)CC2)n2ncnc2n1. The van der Waals surface area contributed by atoms with E-state index in [1.54, 1.807) is 6.33 Å². The van der Waals surface area contributed by atoms with Gasteiger partial charge in [-0.25, -0.2) is 9.97 Å². The van der Waals surface area contributed by atoms with Crippen LogP contribution in [0.3, 0.4) is 0 Å². The number of aryl methyl sites for hydroxylation is 2. The topological polar surface area (TPSA) is 71.2 Å². The van der Waals surface area contributed by atoms with E-state index in [-0.39, 0.29) is 0 Å². The van der Waals surface area contributed by atoms with Crippen LogP contribution < -0.4 is 10.2 Å². The number of pyridine rings is 1. The van der Waals surface area contributed by atoms with Gasteiger partial charge in [0.2, 0.25) is 0 Å². The van der Waals surface area contributed by atoms with Crippen molar-refractivity contribution in [1.82, 2.24) is 24.6 Å². The molecule has 7 heteroatoms. The first-order valence-electron chi connectivity index (χ1n) is 8.87. The smallest absolute Gasteiger partial charge is 0.254 e. The number of aromatic nitrogens is 5. The van der Waals surface area contributed by atoms with E-state index in [0.29, 0.717) is 11.8 Å². The normalized spacial score (nSPS) is 15.7. The molecule has 0 bridgehead atoms. The van der Waals surface area contributed by atoms with Gasteiger partial charge in [-0.2, -0.15) is 14.6 Å². The second-order valence-electron chi connectivity index (χ2n) is 6.50. The summed E-state index contributed by atoms with van der Waals surface area (Å²) in [7, 11) is 0. The molecular formula is C18H23N7. The lowest BCUT2D eigenvalue weighted by atomic mass is 10.0. The van der Waals surface area contributed by atoms with E-state index >= 15 is 0 Å². The van der Waals surface area contributed by atoms with Gasteiger partial charge in [-0.3, -0.25) is 0 Å². The van der Waals surface area contributed by atoms with Crippen molar-refractivity contribution in [2.45, 2.75) is 39.2 Å². The zero-order valence-electron chi connectivity index (χ0n) is 14.7. The zero-order chi connectivity index (χ0) is 17.2. The van der Waals surface area contributed by atoms with Gasteiger partial charge in [0.25, 0.3) is 5.78 Å². The minimum atomic E-state index is 0.448. The number of anilines is 2. The summed E-state index contributed by atoms with van der Waals surface area (Å²) in [4.78, 5) is 15.7. The molecule has 0 aromatic carbocycles. The summed E-state index contributed by atoms with van der Waals surface area (Å²) in [5, 5.41) is 7.91. The summed E-state index contributed by atoms with van der Waals surface area (Å²) >= 11 is 0. The van der Waals surface area contributed by atoms with Gasteiger partial charge in [0.1, 0.15) is 18.0 Å². The molecule has 0 saturated carbocycles. The van der Waals surface area contributed by atoms with Crippen LogP contribution in [0.4, 0.5) is 11.6 Å². The van der Waals surface area contributed by atoms with Crippen LogP contribution in [0.5, 0.6) is 0 Å². The molecule has 0 amide bonds. The molecule has 7 nitrogen and oxygen atoms in total. The van der Waals surface area contributed by atoms with E-state index in [1.807, 2.05) is 29.6 Å². The van der Waals surface area contributed by atoms with Crippen LogP contribution in [0.15, 0.2) is 30.6 Å². The molecule has 4 rings (SSSR count). The van der Waals surface area contributed by atoms with Gasteiger partial charge in [-0.15, -0.1) is 0 Å². The molecule has 1 aliphatic heterocycles. The molecule has 1 saturated heterocycles. The molecule has 0 radical (unpaired) electrons. The van der Waals surface area contributed by atoms with Crippen LogP contribution in [0.1, 0.15) is 31.2 Å². The number of nitrogens with one attached hydrogen (secondary N) is 1. The highest BCUT2D eigenvalue weighted by Gasteiger charge is 2.22. The maximum Gasteiger partial charge on any atom is 0.254 e. The van der Waals surface area contributed by atoms with Crippen molar-refractivity contribution in [3.05, 3.63) is 42.0 Å². The Balaban J connectivity index is 1.48. The van der Waals surface area contributed by atoms with Crippen LogP contribution >= 0.6 is 0 Å². The summed E-state index contributed by atoms with van der Waals surface area (Å²) in [6, 6.07) is 8.69. The van der Waals surface area contributed by atoms with Crippen LogP contribution in [0.25, 0.3) is 5.78 Å². The van der Waals surface area contributed by atoms with Crippen molar-refractivity contribution in [3.8, 4) is 0 Å². The Hall–Kier alpha value is -2.70.